The van der Waals surface area contributed by atoms with Crippen molar-refractivity contribution in [1.82, 2.24) is 0 Å². The highest BCUT2D eigenvalue weighted by atomic mass is 35.5. The average molecular weight is 304 g/mol. The molecule has 0 aliphatic heterocycles. The number of carbonyl (C=O) groups excluding carboxylic acids is 1. The van der Waals surface area contributed by atoms with Crippen molar-refractivity contribution in [2.45, 2.75) is 13.5 Å². The average Bonchev–Trinajstić information content (AvgIpc) is 2.45. The fourth-order valence-corrected chi connectivity index (χ4v) is 2.10. The second kappa shape index (κ2) is 6.41. The molecule has 21 heavy (non-hydrogen) atoms. The summed E-state index contributed by atoms with van der Waals surface area (Å²) in [5, 5.41) is 12.5. The topological polar surface area (TPSA) is 66.4 Å². The maximum absolute atomic E-state index is 11.4. The minimum Gasteiger partial charge on any atom is -0.478 e. The van der Waals surface area contributed by atoms with E-state index in [0.717, 1.165) is 11.3 Å². The van der Waals surface area contributed by atoms with Gasteiger partial charge in [0.15, 0.2) is 5.78 Å². The van der Waals surface area contributed by atoms with E-state index in [-0.39, 0.29) is 11.3 Å². The molecule has 0 saturated carbocycles. The molecule has 0 heterocycles. The Bertz CT molecular complexity index is 680. The Morgan fingerprint density at radius 3 is 2.33 bits per heavy atom. The number of carboxylic acid groups (broad SMARTS) is 1. The van der Waals surface area contributed by atoms with Gasteiger partial charge in [-0.3, -0.25) is 4.79 Å². The van der Waals surface area contributed by atoms with E-state index in [1.807, 2.05) is 0 Å². The number of nitrogens with one attached hydrogen (secondary N) is 1. The molecule has 2 rings (SSSR count). The number of hydrogen-bond donors (Lipinski definition) is 2. The van der Waals surface area contributed by atoms with Gasteiger partial charge in [-0.05, 0) is 42.8 Å². The molecule has 5 heteroatoms. The lowest BCUT2D eigenvalue weighted by Gasteiger charge is -2.09. The molecule has 2 N–H and O–H groups in total. The van der Waals surface area contributed by atoms with Gasteiger partial charge in [0.2, 0.25) is 0 Å². The van der Waals surface area contributed by atoms with Crippen LogP contribution in [0.15, 0.2) is 42.5 Å². The van der Waals surface area contributed by atoms with E-state index in [0.29, 0.717) is 17.1 Å². The van der Waals surface area contributed by atoms with E-state index in [9.17, 15) is 9.59 Å². The Balaban J connectivity index is 2.09. The van der Waals surface area contributed by atoms with Gasteiger partial charge in [0, 0.05) is 22.8 Å². The molecule has 0 bridgehead atoms. The molecule has 0 aromatic heterocycles. The van der Waals surface area contributed by atoms with Crippen molar-refractivity contribution < 1.29 is 14.7 Å². The summed E-state index contributed by atoms with van der Waals surface area (Å²) in [5.74, 6) is -0.998. The van der Waals surface area contributed by atoms with E-state index >= 15 is 0 Å². The molecule has 0 spiro atoms. The van der Waals surface area contributed by atoms with Crippen LogP contribution in [0.4, 0.5) is 5.69 Å². The third-order valence-corrected chi connectivity index (χ3v) is 3.22. The first kappa shape index (κ1) is 15.1. The molecule has 108 valence electrons. The highest BCUT2D eigenvalue weighted by Gasteiger charge is 2.05. The van der Waals surface area contributed by atoms with E-state index in [1.165, 1.54) is 6.92 Å². The minimum absolute atomic E-state index is 0.0497. The Morgan fingerprint density at radius 1 is 1.10 bits per heavy atom. The second-order valence-electron chi connectivity index (χ2n) is 4.64. The molecule has 2 aromatic rings. The van der Waals surface area contributed by atoms with E-state index in [2.05, 4.69) is 5.32 Å². The summed E-state index contributed by atoms with van der Waals surface area (Å²) in [6.07, 6.45) is 0. The van der Waals surface area contributed by atoms with Gasteiger partial charge in [0.05, 0.1) is 5.56 Å². The number of rotatable bonds is 5. The van der Waals surface area contributed by atoms with Crippen LogP contribution >= 0.6 is 11.6 Å². The van der Waals surface area contributed by atoms with Crippen LogP contribution in [0.1, 0.15) is 33.2 Å². The predicted octanol–water partition coefficient (Wildman–Crippen LogP) is 3.85. The Hall–Kier alpha value is -2.33. The zero-order valence-corrected chi connectivity index (χ0v) is 12.1. The summed E-state index contributed by atoms with van der Waals surface area (Å²) in [4.78, 5) is 22.2. The molecule has 4 nitrogen and oxygen atoms in total. The number of aromatic carboxylic acids is 1. The van der Waals surface area contributed by atoms with Gasteiger partial charge in [-0.1, -0.05) is 23.7 Å². The molecular weight excluding hydrogens is 290 g/mol. The Kier molecular flexibility index (Phi) is 4.60. The highest BCUT2D eigenvalue weighted by Crippen LogP contribution is 2.20. The lowest BCUT2D eigenvalue weighted by Crippen LogP contribution is -2.02. The van der Waals surface area contributed by atoms with Crippen LogP contribution in [0, 0.1) is 0 Å². The number of benzene rings is 2. The normalized spacial score (nSPS) is 10.2. The summed E-state index contributed by atoms with van der Waals surface area (Å²) in [5.41, 5.74) is 2.48. The third-order valence-electron chi connectivity index (χ3n) is 3.00. The zero-order chi connectivity index (χ0) is 15.4. The van der Waals surface area contributed by atoms with Crippen molar-refractivity contribution in [3.05, 3.63) is 64.2 Å². The molecule has 0 aliphatic carbocycles. The lowest BCUT2D eigenvalue weighted by molar-refractivity contribution is 0.0696. The van der Waals surface area contributed by atoms with E-state index < -0.39 is 5.97 Å². The standard InChI is InChI=1S/C16H14ClNO3/c1-10(19)13-6-14(17)8-15(7-13)18-9-11-2-4-12(5-3-11)16(20)21/h2-8,18H,9H2,1H3,(H,20,21). The number of Topliss-reactive ketones (excluding diaryl/α,β-unsaturated/α-hetero) is 1. The van der Waals surface area contributed by atoms with Crippen molar-refractivity contribution >= 4 is 29.0 Å². The monoisotopic (exact) mass is 303 g/mol. The fourth-order valence-electron chi connectivity index (χ4n) is 1.86. The maximum atomic E-state index is 11.4. The van der Waals surface area contributed by atoms with Crippen molar-refractivity contribution in [3.8, 4) is 0 Å². The van der Waals surface area contributed by atoms with E-state index in [1.54, 1.807) is 42.5 Å². The molecule has 0 radical (unpaired) electrons. The first-order valence-electron chi connectivity index (χ1n) is 6.33. The van der Waals surface area contributed by atoms with Crippen molar-refractivity contribution in [1.29, 1.82) is 0 Å². The first-order chi connectivity index (χ1) is 9.95. The minimum atomic E-state index is -0.949. The van der Waals surface area contributed by atoms with Gasteiger partial charge in [-0.25, -0.2) is 4.79 Å². The SMILES string of the molecule is CC(=O)c1cc(Cl)cc(NCc2ccc(C(=O)O)cc2)c1. The molecule has 0 atom stereocenters. The largest absolute Gasteiger partial charge is 0.478 e. The number of hydrogen-bond acceptors (Lipinski definition) is 3. The lowest BCUT2D eigenvalue weighted by atomic mass is 10.1. The van der Waals surface area contributed by atoms with Gasteiger partial charge < -0.3 is 10.4 Å². The van der Waals surface area contributed by atoms with Crippen molar-refractivity contribution in [2.24, 2.45) is 0 Å². The number of ketones is 1. The first-order valence-corrected chi connectivity index (χ1v) is 6.71. The second-order valence-corrected chi connectivity index (χ2v) is 5.08. The smallest absolute Gasteiger partial charge is 0.335 e. The van der Waals surface area contributed by atoms with Gasteiger partial charge >= 0.3 is 5.97 Å². The van der Waals surface area contributed by atoms with Gasteiger partial charge in [0.1, 0.15) is 0 Å². The molecule has 0 amide bonds. The van der Waals surface area contributed by atoms with Crippen molar-refractivity contribution in [3.63, 3.8) is 0 Å². The molecule has 0 unspecified atom stereocenters. The summed E-state index contributed by atoms with van der Waals surface area (Å²) in [7, 11) is 0. The van der Waals surface area contributed by atoms with Crippen LogP contribution in [0.5, 0.6) is 0 Å². The number of carboxylic acids is 1. The zero-order valence-electron chi connectivity index (χ0n) is 11.4. The maximum Gasteiger partial charge on any atom is 0.335 e. The molecule has 2 aromatic carbocycles. The summed E-state index contributed by atoms with van der Waals surface area (Å²) in [6.45, 7) is 2.00. The molecule has 0 fully saturated rings. The van der Waals surface area contributed by atoms with Gasteiger partial charge in [-0.15, -0.1) is 0 Å². The summed E-state index contributed by atoms with van der Waals surface area (Å²) >= 11 is 5.97. The predicted molar refractivity (Wildman–Crippen MR) is 82.2 cm³/mol. The number of carbonyl (C=O) groups is 2. The van der Waals surface area contributed by atoms with Crippen LogP contribution in [0.25, 0.3) is 0 Å². The van der Waals surface area contributed by atoms with Gasteiger partial charge in [-0.2, -0.15) is 0 Å². The summed E-state index contributed by atoms with van der Waals surface area (Å²) < 4.78 is 0. The van der Waals surface area contributed by atoms with Crippen LogP contribution in [0.2, 0.25) is 5.02 Å². The van der Waals surface area contributed by atoms with Crippen molar-refractivity contribution in [2.75, 3.05) is 5.32 Å². The quantitative estimate of drug-likeness (QED) is 0.823. The Labute approximate surface area is 127 Å². The molecule has 0 saturated heterocycles. The number of halogens is 1. The molecular formula is C16H14ClNO3. The highest BCUT2D eigenvalue weighted by molar-refractivity contribution is 6.31. The van der Waals surface area contributed by atoms with Crippen LogP contribution in [0.3, 0.4) is 0 Å². The summed E-state index contributed by atoms with van der Waals surface area (Å²) in [6, 6.07) is 11.7. The third kappa shape index (κ3) is 4.07. The molecule has 0 aliphatic rings. The van der Waals surface area contributed by atoms with Crippen LogP contribution < -0.4 is 5.32 Å². The van der Waals surface area contributed by atoms with Crippen LogP contribution in [-0.4, -0.2) is 16.9 Å². The fraction of sp³-hybridized carbons (Fsp3) is 0.125. The number of anilines is 1. The van der Waals surface area contributed by atoms with E-state index in [4.69, 9.17) is 16.7 Å². The Morgan fingerprint density at radius 2 is 1.76 bits per heavy atom. The van der Waals surface area contributed by atoms with Gasteiger partial charge in [0.25, 0.3) is 0 Å². The van der Waals surface area contributed by atoms with Crippen LogP contribution in [-0.2, 0) is 6.54 Å².